The van der Waals surface area contributed by atoms with Crippen molar-refractivity contribution in [3.63, 3.8) is 0 Å². The van der Waals surface area contributed by atoms with E-state index in [1.54, 1.807) is 11.3 Å². The zero-order valence-electron chi connectivity index (χ0n) is 17.9. The topological polar surface area (TPSA) is 96.8 Å². The van der Waals surface area contributed by atoms with Gasteiger partial charge in [0.1, 0.15) is 5.82 Å². The summed E-state index contributed by atoms with van der Waals surface area (Å²) in [4.78, 5) is 22.0. The molecule has 5 rings (SSSR count). The second-order valence-corrected chi connectivity index (χ2v) is 9.04. The second kappa shape index (κ2) is 8.39. The lowest BCUT2D eigenvalue weighted by molar-refractivity contribution is -0.114. The standard InChI is InChI=1S/C22H27N7OS/c1-3-24-18-7-4-14(12-25-18)19-16-5-6-17-21(31-22(27-17)26-13(2)30)20(16)29(28-19)15-8-10-23-11-9-15/h4,7,12,15,23H,3,5-6,8-11H2,1-2H3,(H,24,25)(H,26,27,30). The van der Waals surface area contributed by atoms with Crippen LogP contribution in [-0.2, 0) is 17.6 Å². The number of pyridine rings is 1. The number of carbonyl (C=O) groups is 1. The number of nitrogens with one attached hydrogen (secondary N) is 3. The van der Waals surface area contributed by atoms with Crippen LogP contribution in [0.25, 0.3) is 21.8 Å². The summed E-state index contributed by atoms with van der Waals surface area (Å²) in [6.45, 7) is 6.43. The molecule has 8 nitrogen and oxygen atoms in total. The van der Waals surface area contributed by atoms with Crippen LogP contribution in [0.15, 0.2) is 18.3 Å². The molecule has 0 unspecified atom stereocenters. The van der Waals surface area contributed by atoms with Gasteiger partial charge in [-0.3, -0.25) is 9.48 Å². The average molecular weight is 438 g/mol. The summed E-state index contributed by atoms with van der Waals surface area (Å²) in [5.74, 6) is 0.785. The summed E-state index contributed by atoms with van der Waals surface area (Å²) in [5.41, 5.74) is 5.56. The van der Waals surface area contributed by atoms with Gasteiger partial charge in [0.05, 0.1) is 28.0 Å². The summed E-state index contributed by atoms with van der Waals surface area (Å²) >= 11 is 1.56. The minimum absolute atomic E-state index is 0.0919. The van der Waals surface area contributed by atoms with Crippen molar-refractivity contribution in [2.45, 2.75) is 45.6 Å². The Hall–Kier alpha value is -2.78. The predicted octanol–water partition coefficient (Wildman–Crippen LogP) is 3.48. The Kier molecular flexibility index (Phi) is 5.45. The second-order valence-electron chi connectivity index (χ2n) is 8.04. The molecule has 0 spiro atoms. The van der Waals surface area contributed by atoms with E-state index in [9.17, 15) is 4.79 Å². The Balaban J connectivity index is 1.61. The number of carbonyl (C=O) groups excluding carboxylic acids is 1. The van der Waals surface area contributed by atoms with E-state index in [4.69, 9.17) is 10.1 Å². The third-order valence-electron chi connectivity index (χ3n) is 5.87. The number of hydrogen-bond donors (Lipinski definition) is 3. The maximum absolute atomic E-state index is 11.6. The predicted molar refractivity (Wildman–Crippen MR) is 124 cm³/mol. The minimum Gasteiger partial charge on any atom is -0.370 e. The molecular weight excluding hydrogens is 410 g/mol. The number of rotatable bonds is 5. The van der Waals surface area contributed by atoms with Gasteiger partial charge in [0.25, 0.3) is 0 Å². The Labute approximate surface area is 185 Å². The number of nitrogens with zero attached hydrogens (tertiary/aromatic N) is 4. The first-order valence-corrected chi connectivity index (χ1v) is 11.8. The van der Waals surface area contributed by atoms with Gasteiger partial charge in [0.15, 0.2) is 5.13 Å². The fourth-order valence-corrected chi connectivity index (χ4v) is 5.59. The third-order valence-corrected chi connectivity index (χ3v) is 6.88. The molecule has 2 aliphatic rings. The zero-order valence-corrected chi connectivity index (χ0v) is 18.7. The molecule has 0 radical (unpaired) electrons. The summed E-state index contributed by atoms with van der Waals surface area (Å²) in [6.07, 6.45) is 5.76. The largest absolute Gasteiger partial charge is 0.370 e. The van der Waals surface area contributed by atoms with E-state index in [-0.39, 0.29) is 5.91 Å². The summed E-state index contributed by atoms with van der Waals surface area (Å²) in [7, 11) is 0. The average Bonchev–Trinajstić information content (AvgIpc) is 3.35. The highest BCUT2D eigenvalue weighted by Crippen LogP contribution is 2.44. The van der Waals surface area contributed by atoms with Gasteiger partial charge in [0.2, 0.25) is 5.91 Å². The molecule has 1 aliphatic heterocycles. The Morgan fingerprint density at radius 2 is 2.13 bits per heavy atom. The van der Waals surface area contributed by atoms with Gasteiger partial charge >= 0.3 is 0 Å². The van der Waals surface area contributed by atoms with Crippen LogP contribution < -0.4 is 16.0 Å². The Morgan fingerprint density at radius 1 is 1.29 bits per heavy atom. The molecule has 1 fully saturated rings. The normalized spacial score (nSPS) is 15.9. The van der Waals surface area contributed by atoms with Crippen molar-refractivity contribution in [2.24, 2.45) is 0 Å². The monoisotopic (exact) mass is 437 g/mol. The van der Waals surface area contributed by atoms with Crippen molar-refractivity contribution in [3.8, 4) is 21.8 Å². The fourth-order valence-electron chi connectivity index (χ4n) is 4.47. The van der Waals surface area contributed by atoms with E-state index >= 15 is 0 Å². The molecule has 1 amide bonds. The zero-order chi connectivity index (χ0) is 21.4. The molecule has 1 aliphatic carbocycles. The number of piperidine rings is 1. The molecular formula is C22H27N7OS. The van der Waals surface area contributed by atoms with Crippen LogP contribution in [0, 0.1) is 0 Å². The quantitative estimate of drug-likeness (QED) is 0.565. The maximum Gasteiger partial charge on any atom is 0.223 e. The molecule has 3 aromatic heterocycles. The SMILES string of the molecule is CCNc1ccc(-c2nn(C3CCNCC3)c3c2CCc2nc(NC(C)=O)sc2-3)cn1. The smallest absolute Gasteiger partial charge is 0.223 e. The number of fused-ring (bicyclic) bond motifs is 3. The van der Waals surface area contributed by atoms with E-state index in [2.05, 4.69) is 38.6 Å². The summed E-state index contributed by atoms with van der Waals surface area (Å²) in [6, 6.07) is 4.48. The van der Waals surface area contributed by atoms with Crippen LogP contribution in [0.3, 0.4) is 0 Å². The van der Waals surface area contributed by atoms with Gasteiger partial charge in [-0.25, -0.2) is 9.97 Å². The molecule has 31 heavy (non-hydrogen) atoms. The number of anilines is 2. The van der Waals surface area contributed by atoms with Gasteiger partial charge in [-0.1, -0.05) is 11.3 Å². The van der Waals surface area contributed by atoms with E-state index < -0.39 is 0 Å². The molecule has 0 saturated carbocycles. The van der Waals surface area contributed by atoms with Crippen LogP contribution in [-0.4, -0.2) is 45.3 Å². The fraction of sp³-hybridized carbons (Fsp3) is 0.455. The van der Waals surface area contributed by atoms with Crippen LogP contribution in [0.5, 0.6) is 0 Å². The number of hydrogen-bond acceptors (Lipinski definition) is 7. The van der Waals surface area contributed by atoms with Crippen LogP contribution in [0.2, 0.25) is 0 Å². The molecule has 0 bridgehead atoms. The van der Waals surface area contributed by atoms with Crippen molar-refractivity contribution >= 4 is 28.2 Å². The Morgan fingerprint density at radius 3 is 2.84 bits per heavy atom. The lowest BCUT2D eigenvalue weighted by Gasteiger charge is -2.25. The lowest BCUT2D eigenvalue weighted by atomic mass is 9.95. The molecule has 1 saturated heterocycles. The van der Waals surface area contributed by atoms with Gasteiger partial charge in [0, 0.05) is 30.8 Å². The Bertz CT molecular complexity index is 1100. The molecule has 0 atom stereocenters. The maximum atomic E-state index is 11.6. The van der Waals surface area contributed by atoms with E-state index in [1.807, 2.05) is 12.3 Å². The van der Waals surface area contributed by atoms with Gasteiger partial charge < -0.3 is 16.0 Å². The molecule has 3 aromatic rings. The molecule has 9 heteroatoms. The minimum atomic E-state index is -0.0919. The van der Waals surface area contributed by atoms with Gasteiger partial charge in [-0.2, -0.15) is 5.10 Å². The van der Waals surface area contributed by atoms with Crippen LogP contribution in [0.1, 0.15) is 44.0 Å². The number of amides is 1. The number of aryl methyl sites for hydroxylation is 1. The highest BCUT2D eigenvalue weighted by Gasteiger charge is 2.32. The summed E-state index contributed by atoms with van der Waals surface area (Å²) < 4.78 is 2.23. The van der Waals surface area contributed by atoms with Crippen molar-refractivity contribution in [1.82, 2.24) is 25.1 Å². The highest BCUT2D eigenvalue weighted by molar-refractivity contribution is 7.19. The number of aromatic nitrogens is 4. The molecule has 4 heterocycles. The highest BCUT2D eigenvalue weighted by atomic mass is 32.1. The molecule has 3 N–H and O–H groups in total. The first-order chi connectivity index (χ1) is 15.1. The van der Waals surface area contributed by atoms with Crippen molar-refractivity contribution in [1.29, 1.82) is 0 Å². The van der Waals surface area contributed by atoms with Crippen molar-refractivity contribution in [2.75, 3.05) is 30.3 Å². The van der Waals surface area contributed by atoms with Crippen molar-refractivity contribution in [3.05, 3.63) is 29.6 Å². The van der Waals surface area contributed by atoms with E-state index in [0.29, 0.717) is 11.2 Å². The molecule has 0 aromatic carbocycles. The van der Waals surface area contributed by atoms with Crippen molar-refractivity contribution < 1.29 is 4.79 Å². The molecule has 162 valence electrons. The van der Waals surface area contributed by atoms with E-state index in [1.165, 1.54) is 18.2 Å². The van der Waals surface area contributed by atoms with Crippen LogP contribution >= 0.6 is 11.3 Å². The lowest BCUT2D eigenvalue weighted by Crippen LogP contribution is -2.30. The van der Waals surface area contributed by atoms with Gasteiger partial charge in [-0.15, -0.1) is 0 Å². The van der Waals surface area contributed by atoms with Gasteiger partial charge in [-0.05, 0) is 57.8 Å². The van der Waals surface area contributed by atoms with E-state index in [0.717, 1.165) is 73.0 Å². The first-order valence-electron chi connectivity index (χ1n) is 10.9. The first kappa shape index (κ1) is 20.1. The van der Waals surface area contributed by atoms with Crippen LogP contribution in [0.4, 0.5) is 10.9 Å². The summed E-state index contributed by atoms with van der Waals surface area (Å²) in [5, 5.41) is 15.4. The third kappa shape index (κ3) is 3.83. The number of thiazole rings is 1.